The van der Waals surface area contributed by atoms with Crippen molar-refractivity contribution in [1.82, 2.24) is 9.80 Å². The van der Waals surface area contributed by atoms with Crippen molar-refractivity contribution in [3.8, 4) is 0 Å². The predicted octanol–water partition coefficient (Wildman–Crippen LogP) is 4.12. The first-order valence-electron chi connectivity index (χ1n) is 10.6. The Kier molecular flexibility index (Phi) is 7.00. The average Bonchev–Trinajstić information content (AvgIpc) is 2.68. The van der Waals surface area contributed by atoms with Crippen LogP contribution in [0.1, 0.15) is 40.0 Å². The molecule has 2 aliphatic rings. The van der Waals surface area contributed by atoms with Crippen LogP contribution in [0, 0.1) is 11.8 Å². The summed E-state index contributed by atoms with van der Waals surface area (Å²) in [6.45, 7) is 13.9. The molecule has 0 spiro atoms. The zero-order chi connectivity index (χ0) is 19.2. The average molecular weight is 373 g/mol. The molecule has 0 atom stereocenters. The monoisotopic (exact) mass is 372 g/mol. The van der Waals surface area contributed by atoms with Gasteiger partial charge in [0.2, 0.25) is 0 Å². The molecule has 0 aromatic heterocycles. The Morgan fingerprint density at radius 2 is 1.67 bits per heavy atom. The maximum absolute atomic E-state index is 12.5. The predicted molar refractivity (Wildman–Crippen MR) is 114 cm³/mol. The molecule has 2 aliphatic heterocycles. The van der Waals surface area contributed by atoms with Crippen molar-refractivity contribution in [3.05, 3.63) is 24.3 Å². The third kappa shape index (κ3) is 5.86. The summed E-state index contributed by atoms with van der Waals surface area (Å²) < 4.78 is 0. The lowest BCUT2D eigenvalue weighted by atomic mass is 9.99. The van der Waals surface area contributed by atoms with Crippen LogP contribution in [0.2, 0.25) is 0 Å². The topological polar surface area (TPSA) is 38.8 Å². The number of anilines is 2. The van der Waals surface area contributed by atoms with Crippen molar-refractivity contribution in [2.45, 2.75) is 40.0 Å². The van der Waals surface area contributed by atoms with Crippen LogP contribution in [0.15, 0.2) is 24.3 Å². The SMILES string of the molecule is CC(C)CCN1CCN(C(=O)Nc2ccc(N3CCC(C)CC3)cc2)CC1. The normalized spacial score (nSPS) is 19.6. The van der Waals surface area contributed by atoms with Gasteiger partial charge in [0.05, 0.1) is 0 Å². The van der Waals surface area contributed by atoms with Gasteiger partial charge in [-0.2, -0.15) is 0 Å². The van der Waals surface area contributed by atoms with Gasteiger partial charge in [0.1, 0.15) is 0 Å². The van der Waals surface area contributed by atoms with Crippen molar-refractivity contribution in [2.75, 3.05) is 56.0 Å². The van der Waals surface area contributed by atoms with Gasteiger partial charge in [0.15, 0.2) is 0 Å². The number of piperazine rings is 1. The Labute approximate surface area is 164 Å². The van der Waals surface area contributed by atoms with Crippen molar-refractivity contribution < 1.29 is 4.79 Å². The number of benzene rings is 1. The molecule has 5 heteroatoms. The molecule has 0 bridgehead atoms. The van der Waals surface area contributed by atoms with Crippen molar-refractivity contribution in [1.29, 1.82) is 0 Å². The number of carbonyl (C=O) groups excluding carboxylic acids is 1. The molecule has 2 amide bonds. The van der Waals surface area contributed by atoms with Crippen LogP contribution < -0.4 is 10.2 Å². The molecule has 2 saturated heterocycles. The van der Waals surface area contributed by atoms with E-state index in [9.17, 15) is 4.79 Å². The number of nitrogens with one attached hydrogen (secondary N) is 1. The van der Waals surface area contributed by atoms with E-state index in [0.717, 1.165) is 63.3 Å². The molecule has 150 valence electrons. The van der Waals surface area contributed by atoms with E-state index in [1.54, 1.807) is 0 Å². The molecular formula is C22H36N4O. The third-order valence-electron chi connectivity index (χ3n) is 5.95. The molecule has 1 aromatic rings. The number of hydrogen-bond acceptors (Lipinski definition) is 3. The van der Waals surface area contributed by atoms with E-state index in [2.05, 4.69) is 48.0 Å². The molecule has 0 radical (unpaired) electrons. The highest BCUT2D eigenvalue weighted by atomic mass is 16.2. The zero-order valence-corrected chi connectivity index (χ0v) is 17.3. The molecule has 1 N–H and O–H groups in total. The lowest BCUT2D eigenvalue weighted by Crippen LogP contribution is -2.50. The van der Waals surface area contributed by atoms with Gasteiger partial charge in [-0.25, -0.2) is 4.79 Å². The van der Waals surface area contributed by atoms with Crippen LogP contribution in [-0.4, -0.2) is 61.6 Å². The lowest BCUT2D eigenvalue weighted by molar-refractivity contribution is 0.143. The molecule has 1 aromatic carbocycles. The minimum atomic E-state index is 0.0260. The first-order valence-corrected chi connectivity index (χ1v) is 10.6. The number of nitrogens with zero attached hydrogens (tertiary/aromatic N) is 3. The number of rotatable bonds is 5. The lowest BCUT2D eigenvalue weighted by Gasteiger charge is -2.35. The van der Waals surface area contributed by atoms with Crippen LogP contribution in [0.4, 0.5) is 16.2 Å². The van der Waals surface area contributed by atoms with E-state index in [1.807, 2.05) is 17.0 Å². The van der Waals surface area contributed by atoms with Gasteiger partial charge in [0.25, 0.3) is 0 Å². The fraction of sp³-hybridized carbons (Fsp3) is 0.682. The van der Waals surface area contributed by atoms with E-state index in [0.29, 0.717) is 0 Å². The van der Waals surface area contributed by atoms with Crippen LogP contribution >= 0.6 is 0 Å². The maximum atomic E-state index is 12.5. The van der Waals surface area contributed by atoms with Gasteiger partial charge in [-0.05, 0) is 61.9 Å². The van der Waals surface area contributed by atoms with Crippen molar-refractivity contribution in [2.24, 2.45) is 11.8 Å². The highest BCUT2D eigenvalue weighted by molar-refractivity contribution is 5.89. The molecule has 27 heavy (non-hydrogen) atoms. The van der Waals surface area contributed by atoms with E-state index in [-0.39, 0.29) is 6.03 Å². The van der Waals surface area contributed by atoms with Gasteiger partial charge in [-0.3, -0.25) is 4.90 Å². The van der Waals surface area contributed by atoms with E-state index in [4.69, 9.17) is 0 Å². The Morgan fingerprint density at radius 3 is 2.26 bits per heavy atom. The van der Waals surface area contributed by atoms with Gasteiger partial charge < -0.3 is 15.1 Å². The van der Waals surface area contributed by atoms with Gasteiger partial charge in [-0.15, -0.1) is 0 Å². The minimum Gasteiger partial charge on any atom is -0.372 e. The summed E-state index contributed by atoms with van der Waals surface area (Å²) in [4.78, 5) is 19.4. The van der Waals surface area contributed by atoms with E-state index in [1.165, 1.54) is 24.9 Å². The quantitative estimate of drug-likeness (QED) is 0.845. The number of piperidine rings is 1. The summed E-state index contributed by atoms with van der Waals surface area (Å²) in [5.74, 6) is 1.58. The highest BCUT2D eigenvalue weighted by Crippen LogP contribution is 2.24. The smallest absolute Gasteiger partial charge is 0.321 e. The molecule has 0 unspecified atom stereocenters. The van der Waals surface area contributed by atoms with E-state index < -0.39 is 0 Å². The fourth-order valence-corrected chi connectivity index (χ4v) is 3.84. The van der Waals surface area contributed by atoms with Gasteiger partial charge >= 0.3 is 6.03 Å². The summed E-state index contributed by atoms with van der Waals surface area (Å²) in [7, 11) is 0. The van der Waals surface area contributed by atoms with Crippen LogP contribution in [0.3, 0.4) is 0 Å². The summed E-state index contributed by atoms with van der Waals surface area (Å²) >= 11 is 0. The first-order chi connectivity index (χ1) is 13.0. The summed E-state index contributed by atoms with van der Waals surface area (Å²) in [5, 5.41) is 3.06. The van der Waals surface area contributed by atoms with Crippen LogP contribution in [0.25, 0.3) is 0 Å². The second kappa shape index (κ2) is 9.45. The highest BCUT2D eigenvalue weighted by Gasteiger charge is 2.21. The third-order valence-corrected chi connectivity index (χ3v) is 5.95. The molecule has 2 fully saturated rings. The summed E-state index contributed by atoms with van der Waals surface area (Å²) in [6, 6.07) is 8.36. The Morgan fingerprint density at radius 1 is 1.04 bits per heavy atom. The second-order valence-corrected chi connectivity index (χ2v) is 8.66. The maximum Gasteiger partial charge on any atom is 0.321 e. The largest absolute Gasteiger partial charge is 0.372 e. The fourth-order valence-electron chi connectivity index (χ4n) is 3.84. The molecule has 0 saturated carbocycles. The zero-order valence-electron chi connectivity index (χ0n) is 17.3. The number of amides is 2. The van der Waals surface area contributed by atoms with Crippen LogP contribution in [0.5, 0.6) is 0 Å². The van der Waals surface area contributed by atoms with Gasteiger partial charge in [-0.1, -0.05) is 20.8 Å². The first kappa shape index (κ1) is 20.0. The second-order valence-electron chi connectivity index (χ2n) is 8.66. The van der Waals surface area contributed by atoms with Crippen molar-refractivity contribution >= 4 is 17.4 Å². The van der Waals surface area contributed by atoms with Crippen LogP contribution in [-0.2, 0) is 0 Å². The number of hydrogen-bond donors (Lipinski definition) is 1. The van der Waals surface area contributed by atoms with Gasteiger partial charge in [0, 0.05) is 50.6 Å². The standard InChI is InChI=1S/C22H36N4O/c1-18(2)8-11-24-14-16-26(17-15-24)22(27)23-20-4-6-21(7-5-20)25-12-9-19(3)10-13-25/h4-7,18-19H,8-17H2,1-3H3,(H,23,27). The molecular weight excluding hydrogens is 336 g/mol. The molecule has 3 rings (SSSR count). The Bertz CT molecular complexity index is 585. The minimum absolute atomic E-state index is 0.0260. The molecule has 5 nitrogen and oxygen atoms in total. The summed E-state index contributed by atoms with van der Waals surface area (Å²) in [6.07, 6.45) is 3.76. The molecule has 0 aliphatic carbocycles. The Balaban J connectivity index is 1.44. The van der Waals surface area contributed by atoms with E-state index >= 15 is 0 Å². The number of urea groups is 1. The summed E-state index contributed by atoms with van der Waals surface area (Å²) in [5.41, 5.74) is 2.15. The molecule has 2 heterocycles. The van der Waals surface area contributed by atoms with Crippen molar-refractivity contribution in [3.63, 3.8) is 0 Å². The Hall–Kier alpha value is -1.75. The number of carbonyl (C=O) groups is 1.